The van der Waals surface area contributed by atoms with Crippen molar-refractivity contribution >= 4 is 17.1 Å². The Morgan fingerprint density at radius 2 is 1.43 bits per heavy atom. The molecule has 0 aromatic heterocycles. The molecule has 0 radical (unpaired) electrons. The molecule has 0 aliphatic carbocycles. The Morgan fingerprint density at radius 3 is 1.95 bits per heavy atom. The van der Waals surface area contributed by atoms with E-state index < -0.39 is 11.1 Å². The van der Waals surface area contributed by atoms with Crippen molar-refractivity contribution in [3.63, 3.8) is 0 Å². The lowest BCUT2D eigenvalue weighted by molar-refractivity contribution is -0.384. The molecule has 0 saturated heterocycles. The number of benzene rings is 2. The quantitative estimate of drug-likeness (QED) is 0.447. The first kappa shape index (κ1) is 14.4. The van der Waals surface area contributed by atoms with Gasteiger partial charge in [-0.1, -0.05) is 18.2 Å². The van der Waals surface area contributed by atoms with E-state index in [1.54, 1.807) is 6.92 Å². The number of nitro benzene ring substituents is 1. The lowest BCUT2D eigenvalue weighted by Crippen LogP contribution is -1.88. The molecule has 0 bridgehead atoms. The Kier molecular flexibility index (Phi) is 4.81. The van der Waals surface area contributed by atoms with Gasteiger partial charge in [-0.2, -0.15) is 20.5 Å². The predicted molar refractivity (Wildman–Crippen MR) is 78.0 cm³/mol. The van der Waals surface area contributed by atoms with E-state index in [-0.39, 0.29) is 5.69 Å². The first-order valence-corrected chi connectivity index (χ1v) is 6.26. The first-order valence-electron chi connectivity index (χ1n) is 6.26. The fourth-order valence-electron chi connectivity index (χ4n) is 1.46. The van der Waals surface area contributed by atoms with Gasteiger partial charge in [0.1, 0.15) is 0 Å². The third kappa shape index (κ3) is 4.57. The summed E-state index contributed by atoms with van der Waals surface area (Å²) in [7, 11) is 0. The molecule has 0 amide bonds. The second-order valence-electron chi connectivity index (χ2n) is 4.17. The van der Waals surface area contributed by atoms with Gasteiger partial charge < -0.3 is 0 Å². The van der Waals surface area contributed by atoms with Crippen LogP contribution >= 0.6 is 0 Å². The SMILES string of the molecule is CC(N=Nc1ccccc1)N=Nc1ccc([N+](=O)[O-])cc1. The molecule has 1 unspecified atom stereocenters. The minimum absolute atomic E-state index is 0.0192. The number of hydrogen-bond acceptors (Lipinski definition) is 6. The van der Waals surface area contributed by atoms with Crippen LogP contribution in [0.25, 0.3) is 0 Å². The largest absolute Gasteiger partial charge is 0.269 e. The van der Waals surface area contributed by atoms with E-state index in [1.165, 1.54) is 24.3 Å². The van der Waals surface area contributed by atoms with Gasteiger partial charge in [-0.15, -0.1) is 0 Å². The van der Waals surface area contributed by atoms with Crippen LogP contribution in [0.1, 0.15) is 6.92 Å². The van der Waals surface area contributed by atoms with Crippen molar-refractivity contribution < 1.29 is 4.92 Å². The maximum Gasteiger partial charge on any atom is 0.269 e. The summed E-state index contributed by atoms with van der Waals surface area (Å²) in [4.78, 5) is 10.1. The van der Waals surface area contributed by atoms with Crippen LogP contribution < -0.4 is 0 Å². The van der Waals surface area contributed by atoms with Crippen LogP contribution in [0, 0.1) is 10.1 Å². The van der Waals surface area contributed by atoms with Gasteiger partial charge >= 0.3 is 0 Å². The normalized spacial score (nSPS) is 12.8. The maximum absolute atomic E-state index is 10.5. The number of azo groups is 2. The second-order valence-corrected chi connectivity index (χ2v) is 4.17. The Labute approximate surface area is 121 Å². The minimum Gasteiger partial charge on any atom is -0.258 e. The summed E-state index contributed by atoms with van der Waals surface area (Å²) < 4.78 is 0. The molecule has 2 rings (SSSR count). The third-order valence-corrected chi connectivity index (χ3v) is 2.50. The van der Waals surface area contributed by atoms with Crippen LogP contribution in [-0.2, 0) is 0 Å². The summed E-state index contributed by atoms with van der Waals surface area (Å²) in [5, 5.41) is 26.5. The van der Waals surface area contributed by atoms with E-state index in [1.807, 2.05) is 30.3 Å². The highest BCUT2D eigenvalue weighted by Gasteiger charge is 2.03. The van der Waals surface area contributed by atoms with E-state index in [4.69, 9.17) is 0 Å². The zero-order valence-corrected chi connectivity index (χ0v) is 11.3. The van der Waals surface area contributed by atoms with E-state index >= 15 is 0 Å². The Balaban J connectivity index is 1.97. The number of non-ortho nitro benzene ring substituents is 1. The third-order valence-electron chi connectivity index (χ3n) is 2.50. The van der Waals surface area contributed by atoms with Crippen molar-refractivity contribution in [1.82, 2.24) is 0 Å². The van der Waals surface area contributed by atoms with Crippen LogP contribution in [0.4, 0.5) is 17.1 Å². The van der Waals surface area contributed by atoms with Crippen molar-refractivity contribution in [2.45, 2.75) is 13.1 Å². The van der Waals surface area contributed by atoms with Crippen LogP contribution in [0.5, 0.6) is 0 Å². The van der Waals surface area contributed by atoms with Crippen molar-refractivity contribution in [1.29, 1.82) is 0 Å². The molecule has 2 aromatic carbocycles. The molecule has 0 heterocycles. The summed E-state index contributed by atoms with van der Waals surface area (Å²) in [6, 6.07) is 15.1. The Morgan fingerprint density at radius 1 is 0.905 bits per heavy atom. The van der Waals surface area contributed by atoms with E-state index in [0.29, 0.717) is 5.69 Å². The second kappa shape index (κ2) is 6.99. The average Bonchev–Trinajstić information content (AvgIpc) is 2.52. The molecule has 1 atom stereocenters. The number of nitrogens with zero attached hydrogens (tertiary/aromatic N) is 5. The molecule has 2 aromatic rings. The summed E-state index contributed by atoms with van der Waals surface area (Å²) in [6.45, 7) is 1.75. The van der Waals surface area contributed by atoms with Gasteiger partial charge in [0, 0.05) is 12.1 Å². The minimum atomic E-state index is -0.461. The highest BCUT2D eigenvalue weighted by molar-refractivity contribution is 5.43. The van der Waals surface area contributed by atoms with E-state index in [2.05, 4.69) is 20.5 Å². The van der Waals surface area contributed by atoms with Crippen LogP contribution in [0.15, 0.2) is 75.1 Å². The number of hydrogen-bond donors (Lipinski definition) is 0. The van der Waals surface area contributed by atoms with Gasteiger partial charge in [0.15, 0.2) is 6.17 Å². The molecule has 0 N–H and O–H groups in total. The highest BCUT2D eigenvalue weighted by Crippen LogP contribution is 2.19. The number of rotatable bonds is 5. The van der Waals surface area contributed by atoms with Gasteiger partial charge in [-0.25, -0.2) is 0 Å². The van der Waals surface area contributed by atoms with Crippen LogP contribution in [0.2, 0.25) is 0 Å². The summed E-state index contributed by atoms with van der Waals surface area (Å²) in [6.07, 6.45) is -0.430. The Hall–Kier alpha value is -2.96. The molecule has 0 fully saturated rings. The van der Waals surface area contributed by atoms with Crippen molar-refractivity contribution in [2.24, 2.45) is 20.5 Å². The van der Waals surface area contributed by atoms with Crippen molar-refractivity contribution in [2.75, 3.05) is 0 Å². The average molecular weight is 283 g/mol. The summed E-state index contributed by atoms with van der Waals surface area (Å²) >= 11 is 0. The molecule has 0 aliphatic rings. The molecule has 0 spiro atoms. The predicted octanol–water partition coefficient (Wildman–Crippen LogP) is 4.81. The lowest BCUT2D eigenvalue weighted by atomic mass is 10.3. The zero-order valence-electron chi connectivity index (χ0n) is 11.3. The molecule has 7 heteroatoms. The van der Waals surface area contributed by atoms with Gasteiger partial charge in [0.25, 0.3) is 5.69 Å². The van der Waals surface area contributed by atoms with Gasteiger partial charge in [0.2, 0.25) is 0 Å². The molecule has 0 aliphatic heterocycles. The number of nitro groups is 1. The standard InChI is InChI=1S/C14H13N5O2/c1-11(15-17-12-5-3-2-4-6-12)16-18-13-7-9-14(10-8-13)19(20)21/h2-11H,1H3. The van der Waals surface area contributed by atoms with Gasteiger partial charge in [-0.05, 0) is 31.2 Å². The molecule has 7 nitrogen and oxygen atoms in total. The van der Waals surface area contributed by atoms with Gasteiger partial charge in [0.05, 0.1) is 16.3 Å². The summed E-state index contributed by atoms with van der Waals surface area (Å²) in [5.41, 5.74) is 1.29. The maximum atomic E-state index is 10.5. The van der Waals surface area contributed by atoms with Crippen LogP contribution in [0.3, 0.4) is 0 Å². The smallest absolute Gasteiger partial charge is 0.258 e. The molecule has 21 heavy (non-hydrogen) atoms. The monoisotopic (exact) mass is 283 g/mol. The van der Waals surface area contributed by atoms with Crippen molar-refractivity contribution in [3.05, 3.63) is 64.7 Å². The first-order chi connectivity index (χ1) is 10.1. The summed E-state index contributed by atoms with van der Waals surface area (Å²) in [5.74, 6) is 0. The molecule has 106 valence electrons. The fourth-order valence-corrected chi connectivity index (χ4v) is 1.46. The van der Waals surface area contributed by atoms with Crippen LogP contribution in [-0.4, -0.2) is 11.1 Å². The highest BCUT2D eigenvalue weighted by atomic mass is 16.6. The zero-order chi connectivity index (χ0) is 15.1. The van der Waals surface area contributed by atoms with Crippen molar-refractivity contribution in [3.8, 4) is 0 Å². The molecular weight excluding hydrogens is 270 g/mol. The van der Waals surface area contributed by atoms with E-state index in [9.17, 15) is 10.1 Å². The van der Waals surface area contributed by atoms with E-state index in [0.717, 1.165) is 5.69 Å². The lowest BCUT2D eigenvalue weighted by Gasteiger charge is -1.97. The van der Waals surface area contributed by atoms with Gasteiger partial charge in [-0.3, -0.25) is 10.1 Å². The molecule has 0 saturated carbocycles. The molecular formula is C14H13N5O2. The topological polar surface area (TPSA) is 92.6 Å². The Bertz CT molecular complexity index is 653. The fraction of sp³-hybridized carbons (Fsp3) is 0.143.